The van der Waals surface area contributed by atoms with Crippen LogP contribution in [-0.4, -0.2) is 54.7 Å². The van der Waals surface area contributed by atoms with Crippen LogP contribution in [0.4, 0.5) is 5.95 Å². The third-order valence-corrected chi connectivity index (χ3v) is 5.86. The number of aryl methyl sites for hydroxylation is 1. The molecule has 162 valence electrons. The summed E-state index contributed by atoms with van der Waals surface area (Å²) in [5, 5.41) is 7.52. The minimum absolute atomic E-state index is 0.0586. The second-order valence-corrected chi connectivity index (χ2v) is 8.36. The van der Waals surface area contributed by atoms with E-state index < -0.39 is 0 Å². The van der Waals surface area contributed by atoms with Crippen molar-refractivity contribution in [3.8, 4) is 11.1 Å². The van der Waals surface area contributed by atoms with Crippen LogP contribution in [0.3, 0.4) is 0 Å². The molecular formula is C23H29N7O. The van der Waals surface area contributed by atoms with E-state index in [2.05, 4.69) is 34.2 Å². The molecule has 0 radical (unpaired) electrons. The maximum atomic E-state index is 13.0. The van der Waals surface area contributed by atoms with Crippen molar-refractivity contribution in [1.29, 1.82) is 0 Å². The van der Waals surface area contributed by atoms with Gasteiger partial charge in [0.15, 0.2) is 0 Å². The van der Waals surface area contributed by atoms with Gasteiger partial charge in [-0.25, -0.2) is 9.97 Å². The summed E-state index contributed by atoms with van der Waals surface area (Å²) in [5.41, 5.74) is 4.71. The lowest BCUT2D eigenvalue weighted by Gasteiger charge is -2.32. The van der Waals surface area contributed by atoms with Gasteiger partial charge in [0.2, 0.25) is 5.95 Å². The summed E-state index contributed by atoms with van der Waals surface area (Å²) in [4.78, 5) is 28.5. The van der Waals surface area contributed by atoms with Crippen molar-refractivity contribution in [3.63, 3.8) is 0 Å². The summed E-state index contributed by atoms with van der Waals surface area (Å²) in [7, 11) is 1.86. The first-order valence-corrected chi connectivity index (χ1v) is 10.8. The molecule has 1 fully saturated rings. The monoisotopic (exact) mass is 419 g/mol. The molecular weight excluding hydrogens is 390 g/mol. The van der Waals surface area contributed by atoms with Gasteiger partial charge in [-0.1, -0.05) is 0 Å². The summed E-state index contributed by atoms with van der Waals surface area (Å²) in [6.07, 6.45) is 8.87. The van der Waals surface area contributed by atoms with E-state index in [0.717, 1.165) is 35.4 Å². The van der Waals surface area contributed by atoms with Crippen LogP contribution in [-0.2, 0) is 7.05 Å². The number of nitrogens with zero attached hydrogens (tertiary/aromatic N) is 6. The Kier molecular flexibility index (Phi) is 5.97. The molecule has 1 amide bonds. The van der Waals surface area contributed by atoms with E-state index >= 15 is 0 Å². The molecule has 0 aliphatic carbocycles. The van der Waals surface area contributed by atoms with Gasteiger partial charge in [0.1, 0.15) is 0 Å². The lowest BCUT2D eigenvalue weighted by atomic mass is 9.89. The Balaban J connectivity index is 1.56. The van der Waals surface area contributed by atoms with Gasteiger partial charge in [0.05, 0.1) is 17.5 Å². The normalized spacial score (nSPS) is 14.8. The molecule has 31 heavy (non-hydrogen) atoms. The van der Waals surface area contributed by atoms with Crippen LogP contribution in [0.1, 0.15) is 54.4 Å². The maximum Gasteiger partial charge on any atom is 0.257 e. The predicted octanol–water partition coefficient (Wildman–Crippen LogP) is 3.42. The van der Waals surface area contributed by atoms with Crippen LogP contribution in [0.5, 0.6) is 0 Å². The molecule has 0 aromatic carbocycles. The van der Waals surface area contributed by atoms with Crippen LogP contribution in [0.2, 0.25) is 0 Å². The number of likely N-dealkylation sites (tertiary alicyclic amines) is 1. The number of carbonyl (C=O) groups excluding carboxylic acids is 1. The van der Waals surface area contributed by atoms with Crippen molar-refractivity contribution in [2.24, 2.45) is 7.05 Å². The fourth-order valence-corrected chi connectivity index (χ4v) is 4.02. The highest BCUT2D eigenvalue weighted by molar-refractivity contribution is 5.95. The van der Waals surface area contributed by atoms with E-state index in [1.165, 1.54) is 0 Å². The van der Waals surface area contributed by atoms with Crippen LogP contribution in [0, 0.1) is 6.92 Å². The smallest absolute Gasteiger partial charge is 0.257 e. The van der Waals surface area contributed by atoms with E-state index in [0.29, 0.717) is 24.6 Å². The zero-order valence-corrected chi connectivity index (χ0v) is 18.5. The first kappa shape index (κ1) is 21.0. The van der Waals surface area contributed by atoms with Crippen molar-refractivity contribution in [2.75, 3.05) is 18.4 Å². The molecule has 0 spiro atoms. The number of pyridine rings is 1. The predicted molar refractivity (Wildman–Crippen MR) is 120 cm³/mol. The molecule has 1 N–H and O–H groups in total. The largest absolute Gasteiger partial charge is 0.352 e. The van der Waals surface area contributed by atoms with Crippen molar-refractivity contribution < 1.29 is 4.79 Å². The van der Waals surface area contributed by atoms with Crippen LogP contribution in [0.25, 0.3) is 11.1 Å². The summed E-state index contributed by atoms with van der Waals surface area (Å²) in [6.45, 7) is 7.47. The zero-order valence-electron chi connectivity index (χ0n) is 18.5. The number of hydrogen-bond acceptors (Lipinski definition) is 6. The average molecular weight is 420 g/mol. The Labute approximate surface area is 182 Å². The number of piperidine rings is 1. The van der Waals surface area contributed by atoms with Gasteiger partial charge >= 0.3 is 0 Å². The molecule has 3 aromatic rings. The highest BCUT2D eigenvalue weighted by Gasteiger charge is 2.29. The van der Waals surface area contributed by atoms with Gasteiger partial charge in [0, 0.05) is 61.9 Å². The Morgan fingerprint density at radius 2 is 1.87 bits per heavy atom. The number of nitrogens with one attached hydrogen (secondary N) is 1. The Morgan fingerprint density at radius 3 is 2.48 bits per heavy atom. The van der Waals surface area contributed by atoms with Crippen LogP contribution < -0.4 is 5.32 Å². The fourth-order valence-electron chi connectivity index (χ4n) is 4.02. The standard InChI is InChI=1S/C23H29N7O/c1-15(2)27-23-25-13-20(17-5-9-24-10-6-17)21(28-23)18-7-11-30(12-8-18)22(31)19-14-26-29(4)16(19)3/h5-6,9-10,13-15,18H,7-8,11-12H2,1-4H3,(H,25,27,28). The van der Waals surface area contributed by atoms with Crippen LogP contribution in [0.15, 0.2) is 36.9 Å². The second-order valence-electron chi connectivity index (χ2n) is 8.36. The molecule has 0 atom stereocenters. The summed E-state index contributed by atoms with van der Waals surface area (Å²) in [6, 6.07) is 4.23. The first-order chi connectivity index (χ1) is 14.9. The molecule has 3 aromatic heterocycles. The van der Waals surface area contributed by atoms with E-state index in [1.54, 1.807) is 23.3 Å². The van der Waals surface area contributed by atoms with Crippen molar-refractivity contribution in [3.05, 3.63) is 53.9 Å². The number of amides is 1. The van der Waals surface area contributed by atoms with Gasteiger partial charge in [-0.15, -0.1) is 0 Å². The quantitative estimate of drug-likeness (QED) is 0.682. The van der Waals surface area contributed by atoms with Crippen LogP contribution >= 0.6 is 0 Å². The lowest BCUT2D eigenvalue weighted by Crippen LogP contribution is -2.38. The van der Waals surface area contributed by atoms with E-state index in [-0.39, 0.29) is 17.9 Å². The Hall–Kier alpha value is -3.29. The van der Waals surface area contributed by atoms with E-state index in [9.17, 15) is 4.79 Å². The maximum absolute atomic E-state index is 13.0. The fraction of sp³-hybridized carbons (Fsp3) is 0.435. The number of rotatable bonds is 5. The third kappa shape index (κ3) is 4.42. The highest BCUT2D eigenvalue weighted by Crippen LogP contribution is 2.34. The SMILES string of the molecule is Cc1c(C(=O)N2CCC(c3nc(NC(C)C)ncc3-c3ccncc3)CC2)cnn1C. The number of anilines is 1. The molecule has 1 aliphatic heterocycles. The first-order valence-electron chi connectivity index (χ1n) is 10.8. The molecule has 1 saturated heterocycles. The molecule has 8 nitrogen and oxygen atoms in total. The lowest BCUT2D eigenvalue weighted by molar-refractivity contribution is 0.0711. The Bertz CT molecular complexity index is 1050. The summed E-state index contributed by atoms with van der Waals surface area (Å²) < 4.78 is 1.74. The minimum atomic E-state index is 0.0586. The molecule has 4 heterocycles. The average Bonchev–Trinajstić information content (AvgIpc) is 3.12. The molecule has 0 saturated carbocycles. The molecule has 0 unspecified atom stereocenters. The molecule has 0 bridgehead atoms. The van der Waals surface area contributed by atoms with Crippen molar-refractivity contribution >= 4 is 11.9 Å². The number of hydrogen-bond donors (Lipinski definition) is 1. The van der Waals surface area contributed by atoms with E-state index in [1.807, 2.05) is 37.2 Å². The van der Waals surface area contributed by atoms with Gasteiger partial charge in [-0.2, -0.15) is 5.10 Å². The summed E-state index contributed by atoms with van der Waals surface area (Å²) in [5.74, 6) is 0.966. The van der Waals surface area contributed by atoms with Gasteiger partial charge in [-0.05, 0) is 51.3 Å². The van der Waals surface area contributed by atoms with Gasteiger partial charge < -0.3 is 10.2 Å². The molecule has 1 aliphatic rings. The van der Waals surface area contributed by atoms with Gasteiger partial charge in [0.25, 0.3) is 5.91 Å². The third-order valence-electron chi connectivity index (χ3n) is 5.86. The molecule has 4 rings (SSSR count). The topological polar surface area (TPSA) is 88.8 Å². The number of aromatic nitrogens is 5. The van der Waals surface area contributed by atoms with E-state index in [4.69, 9.17) is 4.98 Å². The molecule has 8 heteroatoms. The Morgan fingerprint density at radius 1 is 1.16 bits per heavy atom. The minimum Gasteiger partial charge on any atom is -0.352 e. The highest BCUT2D eigenvalue weighted by atomic mass is 16.2. The van der Waals surface area contributed by atoms with Crippen molar-refractivity contribution in [2.45, 2.75) is 45.6 Å². The summed E-state index contributed by atoms with van der Waals surface area (Å²) >= 11 is 0. The second kappa shape index (κ2) is 8.83. The number of carbonyl (C=O) groups is 1. The zero-order chi connectivity index (χ0) is 22.0. The van der Waals surface area contributed by atoms with Crippen molar-refractivity contribution in [1.82, 2.24) is 29.6 Å². The van der Waals surface area contributed by atoms with Gasteiger partial charge in [-0.3, -0.25) is 14.5 Å².